The predicted molar refractivity (Wildman–Crippen MR) is 226 cm³/mol. The van der Waals surface area contributed by atoms with Gasteiger partial charge in [-0.2, -0.15) is 0 Å². The third kappa shape index (κ3) is 53.2. The van der Waals surface area contributed by atoms with E-state index >= 15 is 0 Å². The fraction of sp³-hybridized carbons (Fsp3) is 0.844. The molecule has 334 valence electrons. The minimum atomic E-state index is -0.908. The molecule has 0 aliphatic heterocycles. The highest BCUT2D eigenvalue weighted by molar-refractivity contribution is 5.82. The van der Waals surface area contributed by atoms with Crippen molar-refractivity contribution < 1.29 is 54.2 Å². The van der Waals surface area contributed by atoms with Gasteiger partial charge in [-0.15, -0.1) is 0 Å². The smallest absolute Gasteiger partial charge is 0.306 e. The number of rotatable bonds is 37. The van der Waals surface area contributed by atoms with Gasteiger partial charge in [-0.05, 0) is 76.0 Å². The van der Waals surface area contributed by atoms with Gasteiger partial charge in [-0.3, -0.25) is 24.0 Å². The molecule has 12 heteroatoms. The summed E-state index contributed by atoms with van der Waals surface area (Å²) in [5, 5.41) is 11.7. The molecule has 0 aromatic carbocycles. The van der Waals surface area contributed by atoms with Crippen LogP contribution in [0.3, 0.4) is 0 Å². The summed E-state index contributed by atoms with van der Waals surface area (Å²) in [6, 6.07) is 0. The van der Waals surface area contributed by atoms with Crippen LogP contribution in [-0.4, -0.2) is 92.6 Å². The van der Waals surface area contributed by atoms with E-state index in [2.05, 4.69) is 46.9 Å². The van der Waals surface area contributed by atoms with E-state index in [-0.39, 0.29) is 35.5 Å². The number of hydrogen-bond acceptors (Lipinski definition) is 10. The highest BCUT2D eigenvalue weighted by Crippen LogP contribution is 2.16. The van der Waals surface area contributed by atoms with Crippen molar-refractivity contribution in [2.75, 3.05) is 46.2 Å². The first-order chi connectivity index (χ1) is 27.4. The number of ether oxygens (including phenoxy) is 3. The molecule has 0 aromatic heterocycles. The number of nitrogens with one attached hydrogen (secondary N) is 1. The Morgan fingerprint density at radius 1 is 0.561 bits per heavy atom. The summed E-state index contributed by atoms with van der Waals surface area (Å²) in [6.45, 7) is 20.1. The third-order valence-electron chi connectivity index (χ3n) is 8.73. The van der Waals surface area contributed by atoms with E-state index in [1.54, 1.807) is 0 Å². The molecule has 0 bridgehead atoms. The zero-order chi connectivity index (χ0) is 44.6. The van der Waals surface area contributed by atoms with Crippen LogP contribution in [0.1, 0.15) is 179 Å². The van der Waals surface area contributed by atoms with E-state index in [9.17, 15) is 33.6 Å². The maximum absolute atomic E-state index is 11.7. The van der Waals surface area contributed by atoms with Crippen LogP contribution in [-0.2, 0) is 47.8 Å². The standard InChI is InChI=1S/C18H32O5.C14H26O3.C13H25NO3/c1-14(2)9-11-23-12-10-17(20)8-6-4-5-7-16(18(21)22)13-15(3)19;1-13(2)8-11-17-12-9-14(16)7-5-3-4-6-10-15;1-11(2)6-9-17-10-7-13(16)5-4-8-14-12(3)15/h14,16H,4-13H2,1-3H3,(H,21,22);10,13H,3-9,11-12H2,1-2H3;11H,4-10H2,1-3H3,(H,14,15)/i;10T;. The lowest BCUT2D eigenvalue weighted by molar-refractivity contribution is -0.144. The van der Waals surface area contributed by atoms with E-state index < -0.39 is 18.1 Å². The van der Waals surface area contributed by atoms with Gasteiger partial charge in [0.2, 0.25) is 5.91 Å². The van der Waals surface area contributed by atoms with Crippen molar-refractivity contribution in [2.45, 2.75) is 177 Å². The summed E-state index contributed by atoms with van der Waals surface area (Å²) in [6.07, 6.45) is 12.0. The number of carboxylic acids is 1. The number of aliphatic carboxylic acids is 1. The number of carbonyl (C=O) groups excluding carboxylic acids is 6. The van der Waals surface area contributed by atoms with Crippen molar-refractivity contribution in [1.82, 2.24) is 5.32 Å². The second-order valence-corrected chi connectivity index (χ2v) is 16.1. The lowest BCUT2D eigenvalue weighted by Crippen LogP contribution is -2.21. The van der Waals surface area contributed by atoms with E-state index in [0.29, 0.717) is 109 Å². The maximum atomic E-state index is 11.7. The normalized spacial score (nSPS) is 11.6. The Hall–Kier alpha value is -2.83. The van der Waals surface area contributed by atoms with Gasteiger partial charge in [0, 0.05) is 84.7 Å². The molecule has 0 aromatic rings. The zero-order valence-electron chi connectivity index (χ0n) is 38.2. The van der Waals surface area contributed by atoms with Crippen LogP contribution in [0.15, 0.2) is 0 Å². The summed E-state index contributed by atoms with van der Waals surface area (Å²) in [5.41, 5.74) is 0. The largest absolute Gasteiger partial charge is 0.481 e. The predicted octanol–water partition coefficient (Wildman–Crippen LogP) is 8.72. The molecule has 1 atom stereocenters. The van der Waals surface area contributed by atoms with Crippen molar-refractivity contribution in [1.29, 1.82) is 0 Å². The van der Waals surface area contributed by atoms with Crippen molar-refractivity contribution >= 4 is 41.3 Å². The molecule has 1 amide bonds. The first-order valence-electron chi connectivity index (χ1n) is 22.1. The molecule has 0 heterocycles. The molecular formula is C45H83NO11. The minimum absolute atomic E-state index is 0.0468. The number of aldehydes is 1. The average Bonchev–Trinajstić information content (AvgIpc) is 3.12. The first-order valence-corrected chi connectivity index (χ1v) is 21.6. The molecule has 2 N–H and O–H groups in total. The first kappa shape index (κ1) is 56.3. The number of Topliss-reactive ketones (excluding diaryl/α,β-unsaturated/α-hetero) is 4. The molecular weight excluding hydrogens is 730 g/mol. The number of unbranched alkanes of at least 4 members (excludes halogenated alkanes) is 4. The average molecular weight is 816 g/mol. The summed E-state index contributed by atoms with van der Waals surface area (Å²) in [5.74, 6) is 0.906. The summed E-state index contributed by atoms with van der Waals surface area (Å²) >= 11 is 0. The highest BCUT2D eigenvalue weighted by Gasteiger charge is 2.18. The van der Waals surface area contributed by atoms with Crippen LogP contribution in [0, 0.1) is 23.7 Å². The van der Waals surface area contributed by atoms with Crippen molar-refractivity contribution in [3.8, 4) is 0 Å². The Balaban J connectivity index is -0.000000794. The van der Waals surface area contributed by atoms with E-state index in [4.69, 9.17) is 20.7 Å². The fourth-order valence-corrected chi connectivity index (χ4v) is 4.99. The van der Waals surface area contributed by atoms with Crippen molar-refractivity contribution in [3.63, 3.8) is 0 Å². The van der Waals surface area contributed by atoms with Gasteiger partial charge in [-0.1, -0.05) is 60.8 Å². The SMILES string of the molecule is CC(=O)CC(CCCCCC(=O)CCOCCC(C)C)C(=O)O.CC(=O)NCCCC(=O)CCOCCC(C)C.[3H]C(=O)CCCCCC(=O)CCOCCC(C)C. The Morgan fingerprint density at radius 3 is 1.32 bits per heavy atom. The summed E-state index contributed by atoms with van der Waals surface area (Å²) in [7, 11) is 0. The van der Waals surface area contributed by atoms with Gasteiger partial charge in [0.1, 0.15) is 30.8 Å². The number of hydrogen-bond donors (Lipinski definition) is 2. The van der Waals surface area contributed by atoms with Crippen molar-refractivity contribution in [3.05, 3.63) is 0 Å². The number of amides is 1. The van der Waals surface area contributed by atoms with Crippen LogP contribution in [0.25, 0.3) is 0 Å². The minimum Gasteiger partial charge on any atom is -0.481 e. The quantitative estimate of drug-likeness (QED) is 0.0452. The second-order valence-electron chi connectivity index (χ2n) is 16.1. The van der Waals surface area contributed by atoms with E-state index in [1.165, 1.54) is 13.8 Å². The van der Waals surface area contributed by atoms with Gasteiger partial charge in [0.25, 0.3) is 0 Å². The third-order valence-corrected chi connectivity index (χ3v) is 8.73. The molecule has 0 aliphatic rings. The maximum Gasteiger partial charge on any atom is 0.306 e. The Kier molecular flexibility index (Phi) is 42.2. The van der Waals surface area contributed by atoms with Crippen LogP contribution in [0.4, 0.5) is 0 Å². The molecule has 0 fully saturated rings. The molecule has 0 radical (unpaired) electrons. The number of carbonyl (C=O) groups is 7. The molecule has 1 unspecified atom stereocenters. The van der Waals surface area contributed by atoms with Crippen molar-refractivity contribution in [2.24, 2.45) is 23.7 Å². The molecule has 0 rings (SSSR count). The molecule has 12 nitrogen and oxygen atoms in total. The van der Waals surface area contributed by atoms with Gasteiger partial charge in [-0.25, -0.2) is 0 Å². The molecule has 57 heavy (non-hydrogen) atoms. The van der Waals surface area contributed by atoms with Crippen LogP contribution < -0.4 is 5.32 Å². The Morgan fingerprint density at radius 2 is 0.965 bits per heavy atom. The number of carboxylic acid groups (broad SMARTS) is 1. The Labute approximate surface area is 347 Å². The molecule has 0 saturated carbocycles. The van der Waals surface area contributed by atoms with E-state index in [1.807, 2.05) is 0 Å². The molecule has 0 aliphatic carbocycles. The van der Waals surface area contributed by atoms with Gasteiger partial charge >= 0.3 is 5.97 Å². The lowest BCUT2D eigenvalue weighted by atomic mass is 9.95. The zero-order valence-corrected chi connectivity index (χ0v) is 37.2. The van der Waals surface area contributed by atoms with Crippen LogP contribution in [0.2, 0.25) is 0 Å². The number of ketones is 4. The van der Waals surface area contributed by atoms with E-state index in [0.717, 1.165) is 71.0 Å². The monoisotopic (exact) mass is 816 g/mol. The van der Waals surface area contributed by atoms with Crippen LogP contribution >= 0.6 is 0 Å². The summed E-state index contributed by atoms with van der Waals surface area (Å²) in [4.78, 5) is 77.5. The highest BCUT2D eigenvalue weighted by atomic mass is 16.5. The molecule has 0 saturated heterocycles. The van der Waals surface area contributed by atoms with Gasteiger partial charge in [0.05, 0.1) is 25.7 Å². The topological polar surface area (TPSA) is 179 Å². The second kappa shape index (κ2) is 42.8. The Bertz CT molecular complexity index is 1090. The summed E-state index contributed by atoms with van der Waals surface area (Å²) < 4.78 is 22.9. The van der Waals surface area contributed by atoms with Gasteiger partial charge in [0.15, 0.2) is 0 Å². The van der Waals surface area contributed by atoms with Crippen LogP contribution in [0.5, 0.6) is 0 Å². The van der Waals surface area contributed by atoms with Gasteiger partial charge < -0.3 is 34.2 Å². The molecule has 0 spiro atoms. The lowest BCUT2D eigenvalue weighted by Gasteiger charge is -2.10. The fourth-order valence-electron chi connectivity index (χ4n) is 4.99.